The van der Waals surface area contributed by atoms with E-state index in [0.717, 1.165) is 57.8 Å². The van der Waals surface area contributed by atoms with E-state index in [9.17, 15) is 9.59 Å². The normalized spacial score (nSPS) is 13.9. The number of H-pyrrole nitrogens is 1. The number of nitrogens with one attached hydrogen (secondary N) is 3. The molecule has 0 spiro atoms. The van der Waals surface area contributed by atoms with Crippen LogP contribution in [0.3, 0.4) is 0 Å². The van der Waals surface area contributed by atoms with Crippen LogP contribution in [0.1, 0.15) is 53.8 Å². The molecule has 0 saturated carbocycles. The maximum atomic E-state index is 13.2. The summed E-state index contributed by atoms with van der Waals surface area (Å²) in [6.07, 6.45) is 4.48. The molecule has 174 valence electrons. The Bertz CT molecular complexity index is 1320. The minimum absolute atomic E-state index is 0.129. The molecule has 0 radical (unpaired) electrons. The standard InChI is InChI=1S/C27H28N4O2S/c1-16-11-13-18(14-12-16)22(28-17(2)32)15-24(33)31-27-25(19-7-3-6-10-23(19)34-27)26-29-20-8-4-5-9-21(20)30-26/h4-5,8-9,11-14,22H,3,6-7,10,15H2,1-2H3,(H,28,32)(H,29,30)(H,31,33). The summed E-state index contributed by atoms with van der Waals surface area (Å²) >= 11 is 1.65. The predicted octanol–water partition coefficient (Wildman–Crippen LogP) is 5.68. The summed E-state index contributed by atoms with van der Waals surface area (Å²) in [6, 6.07) is 15.5. The van der Waals surface area contributed by atoms with Crippen molar-refractivity contribution in [2.45, 2.75) is 52.0 Å². The van der Waals surface area contributed by atoms with Crippen molar-refractivity contribution in [3.8, 4) is 11.4 Å². The Hall–Kier alpha value is -3.45. The summed E-state index contributed by atoms with van der Waals surface area (Å²) in [5.41, 5.74) is 6.25. The molecule has 1 aliphatic carbocycles. The number of imidazole rings is 1. The maximum absolute atomic E-state index is 13.2. The summed E-state index contributed by atoms with van der Waals surface area (Å²) in [7, 11) is 0. The van der Waals surface area contributed by atoms with Crippen molar-refractivity contribution in [3.63, 3.8) is 0 Å². The van der Waals surface area contributed by atoms with Gasteiger partial charge in [0.2, 0.25) is 11.8 Å². The fourth-order valence-corrected chi connectivity index (χ4v) is 5.94. The van der Waals surface area contributed by atoms with Gasteiger partial charge in [-0.2, -0.15) is 0 Å². The topological polar surface area (TPSA) is 86.9 Å². The number of benzene rings is 2. The van der Waals surface area contributed by atoms with Crippen molar-refractivity contribution < 1.29 is 9.59 Å². The summed E-state index contributed by atoms with van der Waals surface area (Å²) in [4.78, 5) is 34.7. The Morgan fingerprint density at radius 3 is 2.62 bits per heavy atom. The van der Waals surface area contributed by atoms with Crippen LogP contribution in [0.15, 0.2) is 48.5 Å². The molecule has 2 aromatic heterocycles. The van der Waals surface area contributed by atoms with Crippen LogP contribution in [-0.4, -0.2) is 21.8 Å². The lowest BCUT2D eigenvalue weighted by Gasteiger charge is -2.18. The number of thiophene rings is 1. The van der Waals surface area contributed by atoms with Crippen LogP contribution in [0.2, 0.25) is 0 Å². The molecule has 4 aromatic rings. The second kappa shape index (κ2) is 9.43. The van der Waals surface area contributed by atoms with Gasteiger partial charge in [-0.25, -0.2) is 4.98 Å². The van der Waals surface area contributed by atoms with Crippen LogP contribution in [0.5, 0.6) is 0 Å². The first-order chi connectivity index (χ1) is 16.5. The monoisotopic (exact) mass is 472 g/mol. The number of aryl methyl sites for hydroxylation is 2. The molecule has 0 bridgehead atoms. The average Bonchev–Trinajstić information content (AvgIpc) is 3.39. The maximum Gasteiger partial charge on any atom is 0.227 e. The van der Waals surface area contributed by atoms with Crippen LogP contribution < -0.4 is 10.6 Å². The average molecular weight is 473 g/mol. The van der Waals surface area contributed by atoms with Crippen molar-refractivity contribution in [2.75, 3.05) is 5.32 Å². The lowest BCUT2D eigenvalue weighted by atomic mass is 9.95. The third-order valence-electron chi connectivity index (χ3n) is 6.30. The van der Waals surface area contributed by atoms with E-state index >= 15 is 0 Å². The molecule has 2 heterocycles. The van der Waals surface area contributed by atoms with Gasteiger partial charge in [0.25, 0.3) is 0 Å². The van der Waals surface area contributed by atoms with Gasteiger partial charge in [-0.05, 0) is 55.9 Å². The zero-order chi connectivity index (χ0) is 23.7. The number of amides is 2. The molecule has 2 amide bonds. The van der Waals surface area contributed by atoms with Gasteiger partial charge < -0.3 is 15.6 Å². The molecule has 2 aromatic carbocycles. The summed E-state index contributed by atoms with van der Waals surface area (Å²) in [6.45, 7) is 3.49. The summed E-state index contributed by atoms with van der Waals surface area (Å²) < 4.78 is 0. The molecule has 1 aliphatic rings. The fourth-order valence-electron chi connectivity index (χ4n) is 4.64. The number of carbonyl (C=O) groups excluding carboxylic acids is 2. The van der Waals surface area contributed by atoms with Gasteiger partial charge in [-0.3, -0.25) is 9.59 Å². The minimum atomic E-state index is -0.387. The Kier molecular flexibility index (Phi) is 6.20. The van der Waals surface area contributed by atoms with Crippen LogP contribution in [0.4, 0.5) is 5.00 Å². The first-order valence-electron chi connectivity index (χ1n) is 11.7. The highest BCUT2D eigenvalue weighted by atomic mass is 32.1. The molecular weight excluding hydrogens is 444 g/mol. The van der Waals surface area contributed by atoms with Gasteiger partial charge in [0, 0.05) is 11.8 Å². The van der Waals surface area contributed by atoms with Crippen molar-refractivity contribution >= 4 is 39.2 Å². The molecule has 34 heavy (non-hydrogen) atoms. The quantitative estimate of drug-likeness (QED) is 0.337. The third-order valence-corrected chi connectivity index (χ3v) is 7.50. The number of aromatic nitrogens is 2. The number of hydrogen-bond acceptors (Lipinski definition) is 4. The first kappa shape index (κ1) is 22.3. The van der Waals surface area contributed by atoms with E-state index < -0.39 is 0 Å². The molecule has 0 saturated heterocycles. The second-order valence-electron chi connectivity index (χ2n) is 8.93. The highest BCUT2D eigenvalue weighted by molar-refractivity contribution is 7.17. The van der Waals surface area contributed by atoms with E-state index in [4.69, 9.17) is 4.98 Å². The second-order valence-corrected chi connectivity index (χ2v) is 10.0. The Morgan fingerprint density at radius 2 is 1.85 bits per heavy atom. The van der Waals surface area contributed by atoms with Gasteiger partial charge in [0.1, 0.15) is 10.8 Å². The molecule has 1 atom stereocenters. The van der Waals surface area contributed by atoms with E-state index in [2.05, 4.69) is 15.6 Å². The van der Waals surface area contributed by atoms with Gasteiger partial charge in [0.05, 0.1) is 29.1 Å². The largest absolute Gasteiger partial charge is 0.349 e. The number of para-hydroxylation sites is 2. The van der Waals surface area contributed by atoms with Crippen molar-refractivity contribution in [2.24, 2.45) is 0 Å². The number of nitrogens with zero attached hydrogens (tertiary/aromatic N) is 1. The van der Waals surface area contributed by atoms with E-state index in [-0.39, 0.29) is 24.3 Å². The number of rotatable bonds is 6. The van der Waals surface area contributed by atoms with E-state index in [1.807, 2.05) is 55.5 Å². The highest BCUT2D eigenvalue weighted by Gasteiger charge is 2.26. The predicted molar refractivity (Wildman–Crippen MR) is 137 cm³/mol. The molecule has 7 heteroatoms. The van der Waals surface area contributed by atoms with Crippen LogP contribution in [-0.2, 0) is 22.4 Å². The smallest absolute Gasteiger partial charge is 0.227 e. The number of fused-ring (bicyclic) bond motifs is 2. The zero-order valence-corrected chi connectivity index (χ0v) is 20.2. The van der Waals surface area contributed by atoms with Gasteiger partial charge in [0.15, 0.2) is 0 Å². The number of anilines is 1. The molecule has 0 aliphatic heterocycles. The lowest BCUT2D eigenvalue weighted by molar-refractivity contribution is -0.120. The molecule has 5 rings (SSSR count). The van der Waals surface area contributed by atoms with E-state index in [1.165, 1.54) is 23.8 Å². The number of hydrogen-bond donors (Lipinski definition) is 3. The molecule has 3 N–H and O–H groups in total. The first-order valence-corrected chi connectivity index (χ1v) is 12.5. The third kappa shape index (κ3) is 4.61. The molecular formula is C27H28N4O2S. The van der Waals surface area contributed by atoms with Gasteiger partial charge >= 0.3 is 0 Å². The Morgan fingerprint density at radius 1 is 1.09 bits per heavy atom. The fraction of sp³-hybridized carbons (Fsp3) is 0.296. The number of aromatic amines is 1. The van der Waals surface area contributed by atoms with Crippen LogP contribution >= 0.6 is 11.3 Å². The van der Waals surface area contributed by atoms with Gasteiger partial charge in [-0.15, -0.1) is 11.3 Å². The van der Waals surface area contributed by atoms with Crippen molar-refractivity contribution in [1.82, 2.24) is 15.3 Å². The van der Waals surface area contributed by atoms with E-state index in [1.54, 1.807) is 11.3 Å². The Balaban J connectivity index is 1.45. The molecule has 1 unspecified atom stereocenters. The van der Waals surface area contributed by atoms with Crippen molar-refractivity contribution in [1.29, 1.82) is 0 Å². The SMILES string of the molecule is CC(=O)NC(CC(=O)Nc1sc2c(c1-c1nc3ccccc3[nH]1)CCCC2)c1ccc(C)cc1. The molecule has 0 fully saturated rings. The van der Waals surface area contributed by atoms with Crippen molar-refractivity contribution in [3.05, 3.63) is 70.1 Å². The van der Waals surface area contributed by atoms with E-state index in [0.29, 0.717) is 0 Å². The van der Waals surface area contributed by atoms with Crippen LogP contribution in [0, 0.1) is 6.92 Å². The molecule has 6 nitrogen and oxygen atoms in total. The summed E-state index contributed by atoms with van der Waals surface area (Å²) in [5, 5.41) is 6.93. The highest BCUT2D eigenvalue weighted by Crippen LogP contribution is 2.43. The van der Waals surface area contributed by atoms with Crippen LogP contribution in [0.25, 0.3) is 22.4 Å². The lowest BCUT2D eigenvalue weighted by Crippen LogP contribution is -2.29. The minimum Gasteiger partial charge on any atom is -0.349 e. The van der Waals surface area contributed by atoms with Gasteiger partial charge in [-0.1, -0.05) is 42.0 Å². The summed E-state index contributed by atoms with van der Waals surface area (Å²) in [5.74, 6) is 0.510. The number of carbonyl (C=O) groups is 2. The Labute approximate surface area is 202 Å². The zero-order valence-electron chi connectivity index (χ0n) is 19.4.